The van der Waals surface area contributed by atoms with Crippen molar-refractivity contribution in [2.24, 2.45) is 0 Å². The van der Waals surface area contributed by atoms with Crippen LogP contribution in [0.15, 0.2) is 40.9 Å². The molecule has 2 aromatic carbocycles. The molecule has 0 heterocycles. The minimum atomic E-state index is -0.343. The lowest BCUT2D eigenvalue weighted by Gasteiger charge is -2.06. The second-order valence-corrected chi connectivity index (χ2v) is 4.53. The number of hydrogen-bond acceptors (Lipinski definition) is 1. The van der Waals surface area contributed by atoms with E-state index in [0.717, 1.165) is 0 Å². The van der Waals surface area contributed by atoms with E-state index in [1.807, 2.05) is 0 Å². The summed E-state index contributed by atoms with van der Waals surface area (Å²) in [7, 11) is 0. The lowest BCUT2D eigenvalue weighted by Crippen LogP contribution is -1.85. The van der Waals surface area contributed by atoms with Crippen molar-refractivity contribution < 1.29 is 9.50 Å². The van der Waals surface area contributed by atoms with Crippen molar-refractivity contribution in [1.82, 2.24) is 0 Å². The molecule has 0 amide bonds. The van der Waals surface area contributed by atoms with E-state index in [1.165, 1.54) is 12.1 Å². The molecular weight excluding hydrogens is 294 g/mol. The fraction of sp³-hybridized carbons (Fsp3) is 0. The monoisotopic (exact) mass is 300 g/mol. The van der Waals surface area contributed by atoms with E-state index < -0.39 is 0 Å². The van der Waals surface area contributed by atoms with Crippen LogP contribution >= 0.6 is 27.5 Å². The van der Waals surface area contributed by atoms with Crippen LogP contribution in [0.3, 0.4) is 0 Å². The second kappa shape index (κ2) is 4.44. The molecule has 0 radical (unpaired) electrons. The van der Waals surface area contributed by atoms with E-state index in [2.05, 4.69) is 15.9 Å². The van der Waals surface area contributed by atoms with Crippen molar-refractivity contribution in [2.45, 2.75) is 0 Å². The third-order valence-corrected chi connectivity index (χ3v) is 3.13. The topological polar surface area (TPSA) is 20.2 Å². The molecule has 82 valence electrons. The summed E-state index contributed by atoms with van der Waals surface area (Å²) in [5, 5.41) is 9.48. The van der Waals surface area contributed by atoms with Crippen LogP contribution in [0.4, 0.5) is 4.39 Å². The van der Waals surface area contributed by atoms with Gasteiger partial charge in [0.2, 0.25) is 0 Å². The van der Waals surface area contributed by atoms with Crippen LogP contribution in [-0.4, -0.2) is 5.11 Å². The SMILES string of the molecule is Oc1ccc(-c2cccc(Br)c2F)cc1Cl. The molecule has 0 fully saturated rings. The van der Waals surface area contributed by atoms with Gasteiger partial charge in [-0.05, 0) is 39.7 Å². The van der Waals surface area contributed by atoms with E-state index in [0.29, 0.717) is 15.6 Å². The van der Waals surface area contributed by atoms with Gasteiger partial charge in [0.05, 0.1) is 9.50 Å². The molecule has 2 rings (SSSR count). The summed E-state index contributed by atoms with van der Waals surface area (Å²) >= 11 is 8.89. The minimum absolute atomic E-state index is 0.0131. The Morgan fingerprint density at radius 2 is 1.94 bits per heavy atom. The Morgan fingerprint density at radius 1 is 1.19 bits per heavy atom. The van der Waals surface area contributed by atoms with Crippen molar-refractivity contribution in [3.8, 4) is 16.9 Å². The number of phenols is 1. The van der Waals surface area contributed by atoms with Crippen LogP contribution in [0, 0.1) is 5.82 Å². The summed E-state index contributed by atoms with van der Waals surface area (Å²) in [4.78, 5) is 0. The quantitative estimate of drug-likeness (QED) is 0.815. The highest BCUT2D eigenvalue weighted by Crippen LogP contribution is 2.32. The third-order valence-electron chi connectivity index (χ3n) is 2.21. The maximum atomic E-state index is 13.8. The standard InChI is InChI=1S/C12H7BrClFO/c13-9-3-1-2-8(12(9)15)7-4-5-11(16)10(14)6-7/h1-6,16H. The van der Waals surface area contributed by atoms with Gasteiger partial charge >= 0.3 is 0 Å². The summed E-state index contributed by atoms with van der Waals surface area (Å²) < 4.78 is 14.2. The number of halogens is 3. The number of rotatable bonds is 1. The van der Waals surface area contributed by atoms with Crippen molar-refractivity contribution in [3.63, 3.8) is 0 Å². The average Bonchev–Trinajstić information content (AvgIpc) is 2.26. The van der Waals surface area contributed by atoms with E-state index in [9.17, 15) is 9.50 Å². The lowest BCUT2D eigenvalue weighted by molar-refractivity contribution is 0.475. The largest absolute Gasteiger partial charge is 0.506 e. The van der Waals surface area contributed by atoms with Crippen molar-refractivity contribution in [2.75, 3.05) is 0 Å². The highest BCUT2D eigenvalue weighted by atomic mass is 79.9. The Kier molecular flexibility index (Phi) is 3.17. The maximum absolute atomic E-state index is 13.8. The molecule has 0 aromatic heterocycles. The zero-order valence-corrected chi connectivity index (χ0v) is 10.4. The molecule has 0 unspecified atom stereocenters. The lowest BCUT2D eigenvalue weighted by atomic mass is 10.1. The fourth-order valence-electron chi connectivity index (χ4n) is 1.40. The summed E-state index contributed by atoms with van der Waals surface area (Å²) in [6.45, 7) is 0. The number of phenolic OH excluding ortho intramolecular Hbond substituents is 1. The van der Waals surface area contributed by atoms with Gasteiger partial charge in [-0.1, -0.05) is 29.8 Å². The second-order valence-electron chi connectivity index (χ2n) is 3.27. The van der Waals surface area contributed by atoms with E-state index in [-0.39, 0.29) is 16.6 Å². The van der Waals surface area contributed by atoms with Crippen molar-refractivity contribution >= 4 is 27.5 Å². The molecule has 0 bridgehead atoms. The molecule has 0 aliphatic heterocycles. The summed E-state index contributed by atoms with van der Waals surface area (Å²) in [5.41, 5.74) is 1.07. The van der Waals surface area contributed by atoms with Crippen LogP contribution in [0.5, 0.6) is 5.75 Å². The minimum Gasteiger partial charge on any atom is -0.506 e. The Labute approximate surface area is 106 Å². The predicted molar refractivity (Wildman–Crippen MR) is 66.2 cm³/mol. The Hall–Kier alpha value is -1.06. The van der Waals surface area contributed by atoms with Gasteiger partial charge < -0.3 is 5.11 Å². The van der Waals surface area contributed by atoms with Crippen molar-refractivity contribution in [1.29, 1.82) is 0 Å². The van der Waals surface area contributed by atoms with Gasteiger partial charge in [-0.25, -0.2) is 4.39 Å². The Morgan fingerprint density at radius 3 is 2.62 bits per heavy atom. The van der Waals surface area contributed by atoms with Crippen LogP contribution in [0.25, 0.3) is 11.1 Å². The van der Waals surface area contributed by atoms with Crippen molar-refractivity contribution in [3.05, 3.63) is 51.7 Å². The van der Waals surface area contributed by atoms with Crippen LogP contribution < -0.4 is 0 Å². The molecule has 0 aliphatic rings. The van der Waals surface area contributed by atoms with E-state index >= 15 is 0 Å². The zero-order chi connectivity index (χ0) is 11.7. The van der Waals surface area contributed by atoms with Crippen LogP contribution in [0.1, 0.15) is 0 Å². The molecule has 4 heteroatoms. The first-order chi connectivity index (χ1) is 7.59. The molecule has 2 aromatic rings. The predicted octanol–water partition coefficient (Wildman–Crippen LogP) is 4.61. The number of benzene rings is 2. The molecular formula is C12H7BrClFO. The van der Waals surface area contributed by atoms with Gasteiger partial charge in [0.1, 0.15) is 11.6 Å². The first-order valence-corrected chi connectivity index (χ1v) is 5.69. The molecule has 16 heavy (non-hydrogen) atoms. The van der Waals surface area contributed by atoms with E-state index in [4.69, 9.17) is 11.6 Å². The highest BCUT2D eigenvalue weighted by Gasteiger charge is 2.09. The maximum Gasteiger partial charge on any atom is 0.145 e. The van der Waals surface area contributed by atoms with Gasteiger partial charge in [0, 0.05) is 5.56 Å². The normalized spacial score (nSPS) is 10.4. The molecule has 0 atom stereocenters. The molecule has 0 spiro atoms. The smallest absolute Gasteiger partial charge is 0.145 e. The molecule has 1 N–H and O–H groups in total. The van der Waals surface area contributed by atoms with Crippen LogP contribution in [-0.2, 0) is 0 Å². The summed E-state index contributed by atoms with van der Waals surface area (Å²) in [5.74, 6) is -0.356. The fourth-order valence-corrected chi connectivity index (χ4v) is 1.95. The molecule has 0 saturated carbocycles. The Bertz CT molecular complexity index is 543. The summed E-state index contributed by atoms with van der Waals surface area (Å²) in [6.07, 6.45) is 0. The first-order valence-electron chi connectivity index (χ1n) is 4.52. The van der Waals surface area contributed by atoms with Gasteiger partial charge in [-0.15, -0.1) is 0 Å². The number of hydrogen-bond donors (Lipinski definition) is 1. The summed E-state index contributed by atoms with van der Waals surface area (Å²) in [6, 6.07) is 9.61. The zero-order valence-electron chi connectivity index (χ0n) is 8.05. The molecule has 1 nitrogen and oxygen atoms in total. The molecule has 0 aliphatic carbocycles. The number of aromatic hydroxyl groups is 1. The van der Waals surface area contributed by atoms with Gasteiger partial charge in [-0.3, -0.25) is 0 Å². The van der Waals surface area contributed by atoms with E-state index in [1.54, 1.807) is 24.3 Å². The third kappa shape index (κ3) is 2.06. The molecule has 0 saturated heterocycles. The first kappa shape index (κ1) is 11.4. The average molecular weight is 302 g/mol. The van der Waals surface area contributed by atoms with Gasteiger partial charge in [-0.2, -0.15) is 0 Å². The highest BCUT2D eigenvalue weighted by molar-refractivity contribution is 9.10. The van der Waals surface area contributed by atoms with Gasteiger partial charge in [0.15, 0.2) is 0 Å². The van der Waals surface area contributed by atoms with Crippen LogP contribution in [0.2, 0.25) is 5.02 Å². The van der Waals surface area contributed by atoms with Gasteiger partial charge in [0.25, 0.3) is 0 Å². The Balaban J connectivity index is 2.59.